The normalized spacial score (nSPS) is 10.3. The van der Waals surface area contributed by atoms with Crippen molar-refractivity contribution in [1.82, 2.24) is 10.3 Å². The molecule has 0 spiro atoms. The van der Waals surface area contributed by atoms with Crippen molar-refractivity contribution in [3.8, 4) is 5.75 Å². The van der Waals surface area contributed by atoms with Crippen LogP contribution < -0.4 is 15.4 Å². The molecule has 0 fully saturated rings. The number of carbonyl (C=O) groups excluding carboxylic acids is 1. The first-order valence-corrected chi connectivity index (χ1v) is 9.00. The summed E-state index contributed by atoms with van der Waals surface area (Å²) in [6.45, 7) is 2.99. The Kier molecular flexibility index (Phi) is 6.28. The lowest BCUT2D eigenvalue weighted by atomic mass is 10.2. The van der Waals surface area contributed by atoms with Gasteiger partial charge in [-0.3, -0.25) is 9.78 Å². The lowest BCUT2D eigenvalue weighted by molar-refractivity contribution is 0.0946. The molecule has 3 aromatic rings. The molecule has 0 aliphatic carbocycles. The second-order valence-electron chi connectivity index (χ2n) is 5.82. The van der Waals surface area contributed by atoms with Gasteiger partial charge in [-0.1, -0.05) is 23.7 Å². The van der Waals surface area contributed by atoms with Gasteiger partial charge in [-0.2, -0.15) is 0 Å². The third kappa shape index (κ3) is 5.46. The molecule has 6 heteroatoms. The van der Waals surface area contributed by atoms with Gasteiger partial charge >= 0.3 is 0 Å². The number of benzene rings is 2. The molecule has 138 valence electrons. The van der Waals surface area contributed by atoms with Crippen LogP contribution in [0.4, 0.5) is 11.4 Å². The number of amides is 1. The Balaban J connectivity index is 1.62. The van der Waals surface area contributed by atoms with Crippen LogP contribution in [0.3, 0.4) is 0 Å². The second kappa shape index (κ2) is 9.05. The van der Waals surface area contributed by atoms with Gasteiger partial charge in [-0.15, -0.1) is 0 Å². The van der Waals surface area contributed by atoms with E-state index in [0.29, 0.717) is 23.9 Å². The van der Waals surface area contributed by atoms with Crippen LogP contribution in [0, 0.1) is 0 Å². The topological polar surface area (TPSA) is 63.2 Å². The molecule has 0 saturated heterocycles. The number of anilines is 2. The number of halogens is 1. The Morgan fingerprint density at radius 3 is 2.48 bits per heavy atom. The fraction of sp³-hybridized carbons (Fsp3) is 0.143. The third-order valence-electron chi connectivity index (χ3n) is 3.81. The minimum Gasteiger partial charge on any atom is -0.494 e. The van der Waals surface area contributed by atoms with Crippen LogP contribution in [0.2, 0.25) is 5.02 Å². The highest BCUT2D eigenvalue weighted by atomic mass is 35.5. The van der Waals surface area contributed by atoms with Gasteiger partial charge in [0.15, 0.2) is 0 Å². The van der Waals surface area contributed by atoms with Gasteiger partial charge in [-0.25, -0.2) is 0 Å². The van der Waals surface area contributed by atoms with Crippen LogP contribution in [-0.4, -0.2) is 17.5 Å². The van der Waals surface area contributed by atoms with Gasteiger partial charge in [-0.05, 0) is 61.0 Å². The van der Waals surface area contributed by atoms with Gasteiger partial charge < -0.3 is 15.4 Å². The fourth-order valence-corrected chi connectivity index (χ4v) is 2.60. The summed E-state index contributed by atoms with van der Waals surface area (Å²) >= 11 is 5.87. The van der Waals surface area contributed by atoms with E-state index >= 15 is 0 Å². The number of aromatic nitrogens is 1. The lowest BCUT2D eigenvalue weighted by Gasteiger charge is -2.10. The van der Waals surface area contributed by atoms with E-state index in [9.17, 15) is 4.79 Å². The van der Waals surface area contributed by atoms with E-state index in [4.69, 9.17) is 16.3 Å². The molecule has 0 bridgehead atoms. The van der Waals surface area contributed by atoms with Crippen molar-refractivity contribution in [3.05, 3.63) is 83.1 Å². The van der Waals surface area contributed by atoms with Crippen molar-refractivity contribution in [2.45, 2.75) is 13.5 Å². The monoisotopic (exact) mass is 381 g/mol. The summed E-state index contributed by atoms with van der Waals surface area (Å²) in [6.07, 6.45) is 1.61. The number of ether oxygens (including phenoxy) is 1. The highest BCUT2D eigenvalue weighted by Crippen LogP contribution is 2.20. The maximum Gasteiger partial charge on any atom is 0.270 e. The molecule has 1 aromatic heterocycles. The Labute approximate surface area is 163 Å². The first-order valence-electron chi connectivity index (χ1n) is 8.62. The summed E-state index contributed by atoms with van der Waals surface area (Å²) < 4.78 is 5.43. The van der Waals surface area contributed by atoms with Crippen molar-refractivity contribution in [2.24, 2.45) is 0 Å². The first kappa shape index (κ1) is 18.7. The van der Waals surface area contributed by atoms with E-state index in [-0.39, 0.29) is 5.91 Å². The second-order valence-corrected chi connectivity index (χ2v) is 6.26. The number of nitrogens with zero attached hydrogens (tertiary/aromatic N) is 1. The number of hydrogen-bond acceptors (Lipinski definition) is 4. The quantitative estimate of drug-likeness (QED) is 0.616. The standard InChI is InChI=1S/C21H20ClN3O2/c1-2-27-19-9-7-17(8-10-19)25-18-11-12-23-20(13-18)21(26)24-14-15-3-5-16(22)6-4-15/h3-13H,2,14H2,1H3,(H,23,25)(H,24,26). The van der Waals surface area contributed by atoms with Crippen molar-refractivity contribution in [2.75, 3.05) is 11.9 Å². The van der Waals surface area contributed by atoms with E-state index in [1.54, 1.807) is 24.4 Å². The molecule has 0 saturated carbocycles. The Morgan fingerprint density at radius 2 is 1.78 bits per heavy atom. The minimum atomic E-state index is -0.236. The Hall–Kier alpha value is -3.05. The summed E-state index contributed by atoms with van der Waals surface area (Å²) in [7, 11) is 0. The van der Waals surface area contributed by atoms with Crippen LogP contribution in [-0.2, 0) is 6.54 Å². The molecule has 1 amide bonds. The molecule has 5 nitrogen and oxygen atoms in total. The summed E-state index contributed by atoms with van der Waals surface area (Å²) in [5.41, 5.74) is 3.00. The zero-order chi connectivity index (χ0) is 19.1. The first-order chi connectivity index (χ1) is 13.1. The SMILES string of the molecule is CCOc1ccc(Nc2ccnc(C(=O)NCc3ccc(Cl)cc3)c2)cc1. The van der Waals surface area contributed by atoms with Crippen molar-refractivity contribution < 1.29 is 9.53 Å². The van der Waals surface area contributed by atoms with E-state index in [1.165, 1.54) is 0 Å². The molecule has 3 rings (SSSR count). The molecular weight excluding hydrogens is 362 g/mol. The van der Waals surface area contributed by atoms with Gasteiger partial charge in [0.25, 0.3) is 5.91 Å². The fourth-order valence-electron chi connectivity index (χ4n) is 2.48. The molecule has 0 aliphatic rings. The van der Waals surface area contributed by atoms with Crippen LogP contribution in [0.5, 0.6) is 5.75 Å². The van der Waals surface area contributed by atoms with E-state index < -0.39 is 0 Å². The number of carbonyl (C=O) groups is 1. The third-order valence-corrected chi connectivity index (χ3v) is 4.06. The van der Waals surface area contributed by atoms with E-state index in [1.807, 2.05) is 49.4 Å². The summed E-state index contributed by atoms with van der Waals surface area (Å²) in [5.74, 6) is 0.584. The van der Waals surface area contributed by atoms with Crippen LogP contribution in [0.15, 0.2) is 66.9 Å². The summed E-state index contributed by atoms with van der Waals surface area (Å²) in [6, 6.07) is 18.5. The zero-order valence-electron chi connectivity index (χ0n) is 14.9. The van der Waals surface area contributed by atoms with Gasteiger partial charge in [0.1, 0.15) is 11.4 Å². The van der Waals surface area contributed by atoms with Gasteiger partial charge in [0.05, 0.1) is 6.61 Å². The molecule has 0 radical (unpaired) electrons. The number of pyridine rings is 1. The number of rotatable bonds is 7. The van der Waals surface area contributed by atoms with Crippen LogP contribution >= 0.6 is 11.6 Å². The average molecular weight is 382 g/mol. The number of hydrogen-bond donors (Lipinski definition) is 2. The van der Waals surface area contributed by atoms with Gasteiger partial charge in [0, 0.05) is 29.1 Å². The molecule has 0 aliphatic heterocycles. The number of nitrogens with one attached hydrogen (secondary N) is 2. The predicted molar refractivity (Wildman–Crippen MR) is 108 cm³/mol. The molecular formula is C21H20ClN3O2. The minimum absolute atomic E-state index is 0.236. The van der Waals surface area contributed by atoms with Crippen molar-refractivity contribution in [1.29, 1.82) is 0 Å². The summed E-state index contributed by atoms with van der Waals surface area (Å²) in [4.78, 5) is 16.5. The molecule has 27 heavy (non-hydrogen) atoms. The average Bonchev–Trinajstić information content (AvgIpc) is 2.69. The lowest BCUT2D eigenvalue weighted by Crippen LogP contribution is -2.23. The maximum atomic E-state index is 12.4. The zero-order valence-corrected chi connectivity index (χ0v) is 15.7. The Morgan fingerprint density at radius 1 is 1.04 bits per heavy atom. The van der Waals surface area contributed by atoms with Crippen molar-refractivity contribution in [3.63, 3.8) is 0 Å². The van der Waals surface area contributed by atoms with E-state index in [0.717, 1.165) is 22.7 Å². The maximum absolute atomic E-state index is 12.4. The van der Waals surface area contributed by atoms with Crippen LogP contribution in [0.25, 0.3) is 0 Å². The molecule has 2 N–H and O–H groups in total. The largest absolute Gasteiger partial charge is 0.494 e. The molecule has 0 unspecified atom stereocenters. The predicted octanol–water partition coefficient (Wildman–Crippen LogP) is 4.81. The highest BCUT2D eigenvalue weighted by molar-refractivity contribution is 6.30. The van der Waals surface area contributed by atoms with E-state index in [2.05, 4.69) is 15.6 Å². The van der Waals surface area contributed by atoms with Crippen LogP contribution in [0.1, 0.15) is 23.0 Å². The van der Waals surface area contributed by atoms with Gasteiger partial charge in [0.2, 0.25) is 0 Å². The molecule has 0 atom stereocenters. The smallest absolute Gasteiger partial charge is 0.270 e. The highest BCUT2D eigenvalue weighted by Gasteiger charge is 2.08. The summed E-state index contributed by atoms with van der Waals surface area (Å²) in [5, 5.41) is 6.78. The molecule has 2 aromatic carbocycles. The van der Waals surface area contributed by atoms with Crippen molar-refractivity contribution >= 4 is 28.9 Å². The Bertz CT molecular complexity index is 896. The molecule has 1 heterocycles.